The van der Waals surface area contributed by atoms with Crippen LogP contribution in [0.5, 0.6) is 0 Å². The average Bonchev–Trinajstić information content (AvgIpc) is 3.03. The maximum atomic E-state index is 10.9. The molecule has 1 saturated heterocycles. The first kappa shape index (κ1) is 16.4. The van der Waals surface area contributed by atoms with E-state index in [0.717, 1.165) is 19.4 Å². The van der Waals surface area contributed by atoms with E-state index in [-0.39, 0.29) is 11.8 Å². The molecule has 1 atom stereocenters. The van der Waals surface area contributed by atoms with Crippen molar-refractivity contribution in [3.05, 3.63) is 34.4 Å². The zero-order valence-electron chi connectivity index (χ0n) is 12.2. The highest BCUT2D eigenvalue weighted by Gasteiger charge is 2.15. The molecule has 22 heavy (non-hydrogen) atoms. The average molecular weight is 324 g/mol. The van der Waals surface area contributed by atoms with Crippen LogP contribution in [0.2, 0.25) is 0 Å². The van der Waals surface area contributed by atoms with Gasteiger partial charge < -0.3 is 20.7 Å². The number of anilines is 1. The van der Waals surface area contributed by atoms with Crippen LogP contribution in [-0.2, 0) is 4.74 Å². The van der Waals surface area contributed by atoms with E-state index in [1.807, 2.05) is 0 Å². The predicted molar refractivity (Wildman–Crippen MR) is 89.2 cm³/mol. The standard InChI is InChI=1S/C14H20N4O3S/c19-18(20)13-6-2-1-5-12(13)15-7-8-16-14(22)17-10-11-4-3-9-21-11/h1-2,5-6,11,15H,3-4,7-10H2,(H2,16,17,22)/t11-/m0/s1. The van der Waals surface area contributed by atoms with E-state index in [4.69, 9.17) is 17.0 Å². The Bertz CT molecular complexity index is 521. The summed E-state index contributed by atoms with van der Waals surface area (Å²) in [6, 6.07) is 6.57. The van der Waals surface area contributed by atoms with Crippen LogP contribution in [0.25, 0.3) is 0 Å². The maximum Gasteiger partial charge on any atom is 0.292 e. The molecule has 0 spiro atoms. The number of nitrogens with one attached hydrogen (secondary N) is 3. The summed E-state index contributed by atoms with van der Waals surface area (Å²) >= 11 is 5.17. The Kier molecular flexibility index (Phi) is 6.35. The molecule has 0 saturated carbocycles. The van der Waals surface area contributed by atoms with Crippen molar-refractivity contribution in [3.63, 3.8) is 0 Å². The van der Waals surface area contributed by atoms with Gasteiger partial charge in [0.15, 0.2) is 5.11 Å². The van der Waals surface area contributed by atoms with E-state index in [1.165, 1.54) is 6.07 Å². The van der Waals surface area contributed by atoms with Gasteiger partial charge in [0, 0.05) is 32.3 Å². The van der Waals surface area contributed by atoms with Gasteiger partial charge in [0.1, 0.15) is 5.69 Å². The molecule has 7 nitrogen and oxygen atoms in total. The molecule has 0 aromatic heterocycles. The molecular formula is C14H20N4O3S. The van der Waals surface area contributed by atoms with Gasteiger partial charge in [0.25, 0.3) is 5.69 Å². The number of hydrogen-bond donors (Lipinski definition) is 3. The molecule has 0 unspecified atom stereocenters. The number of nitro groups is 1. The van der Waals surface area contributed by atoms with Crippen LogP contribution < -0.4 is 16.0 Å². The minimum absolute atomic E-state index is 0.0709. The summed E-state index contributed by atoms with van der Waals surface area (Å²) in [5.41, 5.74) is 0.578. The van der Waals surface area contributed by atoms with Gasteiger partial charge in [-0.1, -0.05) is 12.1 Å². The number of thiocarbonyl (C=S) groups is 1. The van der Waals surface area contributed by atoms with Crippen molar-refractivity contribution in [1.82, 2.24) is 10.6 Å². The summed E-state index contributed by atoms with van der Waals surface area (Å²) in [5, 5.41) is 20.7. The number of rotatable bonds is 7. The van der Waals surface area contributed by atoms with Crippen molar-refractivity contribution in [3.8, 4) is 0 Å². The molecule has 1 aliphatic rings. The molecule has 1 aliphatic heterocycles. The largest absolute Gasteiger partial charge is 0.378 e. The molecule has 3 N–H and O–H groups in total. The van der Waals surface area contributed by atoms with Crippen LogP contribution in [0.1, 0.15) is 12.8 Å². The first-order valence-electron chi connectivity index (χ1n) is 7.27. The van der Waals surface area contributed by atoms with Gasteiger partial charge in [0.2, 0.25) is 0 Å². The summed E-state index contributed by atoms with van der Waals surface area (Å²) in [4.78, 5) is 10.5. The highest BCUT2D eigenvalue weighted by atomic mass is 32.1. The van der Waals surface area contributed by atoms with Gasteiger partial charge in [-0.2, -0.15) is 0 Å². The summed E-state index contributed by atoms with van der Waals surface area (Å²) in [7, 11) is 0. The first-order valence-corrected chi connectivity index (χ1v) is 7.68. The Labute approximate surface area is 134 Å². The normalized spacial score (nSPS) is 17.0. The van der Waals surface area contributed by atoms with E-state index in [9.17, 15) is 10.1 Å². The lowest BCUT2D eigenvalue weighted by atomic mass is 10.2. The van der Waals surface area contributed by atoms with Gasteiger partial charge in [-0.25, -0.2) is 0 Å². The molecule has 1 aromatic carbocycles. The van der Waals surface area contributed by atoms with Gasteiger partial charge in [-0.15, -0.1) is 0 Å². The lowest BCUT2D eigenvalue weighted by molar-refractivity contribution is -0.384. The fourth-order valence-electron chi connectivity index (χ4n) is 2.23. The molecule has 0 radical (unpaired) electrons. The third-order valence-corrected chi connectivity index (χ3v) is 3.63. The highest BCUT2D eigenvalue weighted by Crippen LogP contribution is 2.22. The van der Waals surface area contributed by atoms with Gasteiger partial charge in [-0.05, 0) is 31.1 Å². The molecule has 120 valence electrons. The Balaban J connectivity index is 1.64. The SMILES string of the molecule is O=[N+]([O-])c1ccccc1NCCNC(=S)NC[C@@H]1CCCO1. The van der Waals surface area contributed by atoms with Crippen LogP contribution in [0.15, 0.2) is 24.3 Å². The van der Waals surface area contributed by atoms with E-state index in [1.54, 1.807) is 18.2 Å². The van der Waals surface area contributed by atoms with Crippen LogP contribution in [0.4, 0.5) is 11.4 Å². The van der Waals surface area contributed by atoms with Crippen LogP contribution in [0.3, 0.4) is 0 Å². The van der Waals surface area contributed by atoms with Crippen molar-refractivity contribution in [2.75, 3.05) is 31.6 Å². The second-order valence-electron chi connectivity index (χ2n) is 4.97. The lowest BCUT2D eigenvalue weighted by Gasteiger charge is -2.14. The molecule has 1 fully saturated rings. The fourth-order valence-corrected chi connectivity index (χ4v) is 2.42. The highest BCUT2D eigenvalue weighted by molar-refractivity contribution is 7.80. The zero-order chi connectivity index (χ0) is 15.8. The molecule has 1 heterocycles. The number of ether oxygens (including phenoxy) is 1. The van der Waals surface area contributed by atoms with Crippen molar-refractivity contribution in [1.29, 1.82) is 0 Å². The minimum atomic E-state index is -0.399. The Morgan fingerprint density at radius 1 is 1.36 bits per heavy atom. The van der Waals surface area contributed by atoms with Crippen molar-refractivity contribution < 1.29 is 9.66 Å². The van der Waals surface area contributed by atoms with Crippen molar-refractivity contribution in [2.24, 2.45) is 0 Å². The third kappa shape index (κ3) is 5.12. The number of para-hydroxylation sites is 2. The van der Waals surface area contributed by atoms with Crippen molar-refractivity contribution in [2.45, 2.75) is 18.9 Å². The molecular weight excluding hydrogens is 304 g/mol. The third-order valence-electron chi connectivity index (χ3n) is 3.34. The van der Waals surface area contributed by atoms with E-state index >= 15 is 0 Å². The van der Waals surface area contributed by atoms with Gasteiger partial charge >= 0.3 is 0 Å². The second-order valence-corrected chi connectivity index (χ2v) is 5.38. The quantitative estimate of drug-likeness (QED) is 0.304. The van der Waals surface area contributed by atoms with E-state index in [0.29, 0.717) is 30.4 Å². The van der Waals surface area contributed by atoms with Crippen LogP contribution in [-0.4, -0.2) is 42.4 Å². The molecule has 0 bridgehead atoms. The minimum Gasteiger partial charge on any atom is -0.378 e. The summed E-state index contributed by atoms with van der Waals surface area (Å²) < 4.78 is 5.50. The number of nitrogens with zero attached hydrogens (tertiary/aromatic N) is 1. The maximum absolute atomic E-state index is 10.9. The van der Waals surface area contributed by atoms with Crippen molar-refractivity contribution >= 4 is 28.7 Å². The number of hydrogen-bond acceptors (Lipinski definition) is 5. The molecule has 1 aromatic rings. The molecule has 2 rings (SSSR count). The fraction of sp³-hybridized carbons (Fsp3) is 0.500. The van der Waals surface area contributed by atoms with E-state index < -0.39 is 4.92 Å². The van der Waals surface area contributed by atoms with Crippen LogP contribution in [0, 0.1) is 10.1 Å². The number of benzene rings is 1. The van der Waals surface area contributed by atoms with Crippen LogP contribution >= 0.6 is 12.2 Å². The smallest absolute Gasteiger partial charge is 0.292 e. The molecule has 8 heteroatoms. The van der Waals surface area contributed by atoms with E-state index in [2.05, 4.69) is 16.0 Å². The number of nitro benzene ring substituents is 1. The predicted octanol–water partition coefficient (Wildman–Crippen LogP) is 1.65. The topological polar surface area (TPSA) is 88.5 Å². The Morgan fingerprint density at radius 3 is 2.91 bits per heavy atom. The zero-order valence-corrected chi connectivity index (χ0v) is 13.0. The molecule has 0 amide bonds. The monoisotopic (exact) mass is 324 g/mol. The summed E-state index contributed by atoms with van der Waals surface area (Å²) in [6.07, 6.45) is 2.41. The van der Waals surface area contributed by atoms with Gasteiger partial charge in [0.05, 0.1) is 11.0 Å². The van der Waals surface area contributed by atoms with Gasteiger partial charge in [-0.3, -0.25) is 10.1 Å². The first-order chi connectivity index (χ1) is 10.7. The Morgan fingerprint density at radius 2 is 2.18 bits per heavy atom. The second kappa shape index (κ2) is 8.50. The molecule has 0 aliphatic carbocycles. The summed E-state index contributed by atoms with van der Waals surface area (Å²) in [5.74, 6) is 0. The Hall–Kier alpha value is -1.93. The lowest BCUT2D eigenvalue weighted by Crippen LogP contribution is -2.41. The summed E-state index contributed by atoms with van der Waals surface area (Å²) in [6.45, 7) is 2.64.